The molecule has 0 saturated carbocycles. The third kappa shape index (κ3) is 3.68. The van der Waals surface area contributed by atoms with Crippen molar-refractivity contribution in [3.63, 3.8) is 0 Å². The predicted molar refractivity (Wildman–Crippen MR) is 101 cm³/mol. The number of carbonyl (C=O) groups is 3. The van der Waals surface area contributed by atoms with E-state index in [0.717, 1.165) is 25.1 Å². The van der Waals surface area contributed by atoms with Crippen molar-refractivity contribution in [3.05, 3.63) is 23.8 Å². The second kappa shape index (κ2) is 7.08. The molecule has 3 aliphatic heterocycles. The lowest BCUT2D eigenvalue weighted by Crippen LogP contribution is -2.43. The Balaban J connectivity index is 1.36. The molecule has 0 spiro atoms. The number of sulfone groups is 1. The highest BCUT2D eigenvalue weighted by Crippen LogP contribution is 2.37. The first-order chi connectivity index (χ1) is 13.3. The smallest absolute Gasteiger partial charge is 0.338 e. The SMILES string of the molecule is O=C(COC(=O)c1ccc2c(c1)NC(=O)[C@@H]1CCCN21)N[C@H]1CCS(=O)(=O)C1. The van der Waals surface area contributed by atoms with Crippen molar-refractivity contribution in [3.8, 4) is 0 Å². The molecule has 1 aromatic carbocycles. The zero-order chi connectivity index (χ0) is 19.9. The van der Waals surface area contributed by atoms with E-state index in [1.807, 2.05) is 4.90 Å². The molecule has 2 N–H and O–H groups in total. The highest BCUT2D eigenvalue weighted by Gasteiger charge is 2.36. The van der Waals surface area contributed by atoms with E-state index in [9.17, 15) is 22.8 Å². The van der Waals surface area contributed by atoms with Crippen molar-refractivity contribution >= 4 is 39.0 Å². The lowest BCUT2D eigenvalue weighted by molar-refractivity contribution is -0.124. The number of fused-ring (bicyclic) bond motifs is 3. The average Bonchev–Trinajstić information content (AvgIpc) is 3.26. The Hall–Kier alpha value is -2.62. The Morgan fingerprint density at radius 3 is 2.86 bits per heavy atom. The van der Waals surface area contributed by atoms with Crippen LogP contribution in [0.1, 0.15) is 29.6 Å². The van der Waals surface area contributed by atoms with Crippen LogP contribution in [0.2, 0.25) is 0 Å². The molecule has 2 fully saturated rings. The number of esters is 1. The molecule has 10 heteroatoms. The summed E-state index contributed by atoms with van der Waals surface area (Å²) in [6.45, 7) is 0.305. The van der Waals surface area contributed by atoms with Crippen molar-refractivity contribution in [1.82, 2.24) is 5.32 Å². The lowest BCUT2D eigenvalue weighted by atomic mass is 10.1. The number of carbonyl (C=O) groups excluding carboxylic acids is 3. The van der Waals surface area contributed by atoms with Crippen molar-refractivity contribution in [2.75, 3.05) is 34.9 Å². The van der Waals surface area contributed by atoms with Gasteiger partial charge in [-0.05, 0) is 37.5 Å². The van der Waals surface area contributed by atoms with Gasteiger partial charge in [0.05, 0.1) is 28.4 Å². The third-order valence-corrected chi connectivity index (χ3v) is 7.05. The number of ether oxygens (including phenoxy) is 1. The van der Waals surface area contributed by atoms with Crippen molar-refractivity contribution < 1.29 is 27.5 Å². The summed E-state index contributed by atoms with van der Waals surface area (Å²) in [5, 5.41) is 5.39. The van der Waals surface area contributed by atoms with Gasteiger partial charge in [-0.3, -0.25) is 9.59 Å². The first-order valence-corrected chi connectivity index (χ1v) is 11.0. The second-order valence-electron chi connectivity index (χ2n) is 7.32. The highest BCUT2D eigenvalue weighted by molar-refractivity contribution is 7.91. The third-order valence-electron chi connectivity index (χ3n) is 5.29. The van der Waals surface area contributed by atoms with Crippen LogP contribution < -0.4 is 15.5 Å². The first kappa shape index (κ1) is 18.7. The largest absolute Gasteiger partial charge is 0.452 e. The summed E-state index contributed by atoms with van der Waals surface area (Å²) in [7, 11) is -3.10. The van der Waals surface area contributed by atoms with Crippen LogP contribution in [-0.4, -0.2) is 62.9 Å². The standard InChI is InChI=1S/C18H21N3O6S/c22-16(19-12-5-7-28(25,26)10-12)9-27-18(24)11-3-4-14-13(8-11)20-17(23)15-2-1-6-21(14)15/h3-4,8,12,15H,1-2,5-7,9-10H2,(H,19,22)(H,20,23)/t12-,15-/m0/s1. The fourth-order valence-electron chi connectivity index (χ4n) is 3.95. The van der Waals surface area contributed by atoms with Gasteiger partial charge in [-0.2, -0.15) is 0 Å². The summed E-state index contributed by atoms with van der Waals surface area (Å²) in [5.41, 5.74) is 1.66. The molecule has 0 bridgehead atoms. The summed E-state index contributed by atoms with van der Waals surface area (Å²) in [6, 6.07) is 4.32. The molecule has 2 saturated heterocycles. The van der Waals surface area contributed by atoms with Crippen LogP contribution in [-0.2, 0) is 24.2 Å². The maximum atomic E-state index is 12.3. The van der Waals surface area contributed by atoms with E-state index in [1.165, 1.54) is 0 Å². The van der Waals surface area contributed by atoms with Gasteiger partial charge in [0, 0.05) is 12.6 Å². The number of hydrogen-bond acceptors (Lipinski definition) is 7. The first-order valence-electron chi connectivity index (χ1n) is 9.21. The lowest BCUT2D eigenvalue weighted by Gasteiger charge is -2.33. The highest BCUT2D eigenvalue weighted by atomic mass is 32.2. The van der Waals surface area contributed by atoms with Gasteiger partial charge in [0.15, 0.2) is 16.4 Å². The Labute approximate surface area is 162 Å². The van der Waals surface area contributed by atoms with Gasteiger partial charge in [0.2, 0.25) is 5.91 Å². The van der Waals surface area contributed by atoms with Crippen LogP contribution in [0.5, 0.6) is 0 Å². The second-order valence-corrected chi connectivity index (χ2v) is 9.54. The van der Waals surface area contributed by atoms with Crippen molar-refractivity contribution in [1.29, 1.82) is 0 Å². The van der Waals surface area contributed by atoms with Crippen molar-refractivity contribution in [2.45, 2.75) is 31.3 Å². The monoisotopic (exact) mass is 407 g/mol. The summed E-state index contributed by atoms with van der Waals surface area (Å²) in [5.74, 6) is -1.34. The molecule has 1 aromatic rings. The fraction of sp³-hybridized carbons (Fsp3) is 0.500. The van der Waals surface area contributed by atoms with Gasteiger partial charge in [0.25, 0.3) is 5.91 Å². The molecular formula is C18H21N3O6S. The van der Waals surface area contributed by atoms with Crippen molar-refractivity contribution in [2.24, 2.45) is 0 Å². The fourth-order valence-corrected chi connectivity index (χ4v) is 5.62. The molecule has 9 nitrogen and oxygen atoms in total. The van der Waals surface area contributed by atoms with Gasteiger partial charge in [-0.25, -0.2) is 13.2 Å². The van der Waals surface area contributed by atoms with Crippen LogP contribution in [0.25, 0.3) is 0 Å². The quantitative estimate of drug-likeness (QED) is 0.677. The summed E-state index contributed by atoms with van der Waals surface area (Å²) < 4.78 is 27.9. The molecule has 2 amide bonds. The predicted octanol–water partition coefficient (Wildman–Crippen LogP) is 0.0676. The molecule has 28 heavy (non-hydrogen) atoms. The molecule has 0 unspecified atom stereocenters. The van der Waals surface area contributed by atoms with Crippen LogP contribution in [0.15, 0.2) is 18.2 Å². The number of anilines is 2. The average molecular weight is 407 g/mol. The van der Waals surface area contributed by atoms with E-state index in [2.05, 4.69) is 10.6 Å². The summed E-state index contributed by atoms with van der Waals surface area (Å²) in [6.07, 6.45) is 2.12. The topological polar surface area (TPSA) is 122 Å². The minimum Gasteiger partial charge on any atom is -0.452 e. The van der Waals surface area contributed by atoms with E-state index >= 15 is 0 Å². The molecular weight excluding hydrogens is 386 g/mol. The number of nitrogens with zero attached hydrogens (tertiary/aromatic N) is 1. The minimum absolute atomic E-state index is 0.0520. The van der Waals surface area contributed by atoms with Crippen LogP contribution in [0, 0.1) is 0 Å². The van der Waals surface area contributed by atoms with Crippen LogP contribution in [0.4, 0.5) is 11.4 Å². The number of nitrogens with one attached hydrogen (secondary N) is 2. The number of amides is 2. The Kier molecular flexibility index (Phi) is 4.74. The van der Waals surface area contributed by atoms with Gasteiger partial charge >= 0.3 is 5.97 Å². The Bertz CT molecular complexity index is 945. The van der Waals surface area contributed by atoms with Gasteiger partial charge in [-0.1, -0.05) is 0 Å². The molecule has 3 heterocycles. The van der Waals surface area contributed by atoms with E-state index < -0.39 is 34.4 Å². The molecule has 2 atom stereocenters. The number of rotatable bonds is 4. The molecule has 4 rings (SSSR count). The van der Waals surface area contributed by atoms with Gasteiger partial charge in [-0.15, -0.1) is 0 Å². The molecule has 150 valence electrons. The molecule has 0 radical (unpaired) electrons. The number of benzene rings is 1. The molecule has 0 aromatic heterocycles. The Morgan fingerprint density at radius 2 is 2.11 bits per heavy atom. The summed E-state index contributed by atoms with van der Waals surface area (Å²) in [4.78, 5) is 38.4. The molecule has 0 aliphatic carbocycles. The zero-order valence-electron chi connectivity index (χ0n) is 15.1. The van der Waals surface area contributed by atoms with Gasteiger partial charge < -0.3 is 20.3 Å². The maximum absolute atomic E-state index is 12.3. The normalized spacial score (nSPS) is 24.9. The Morgan fingerprint density at radius 1 is 1.29 bits per heavy atom. The minimum atomic E-state index is -3.10. The summed E-state index contributed by atoms with van der Waals surface area (Å²) >= 11 is 0. The zero-order valence-corrected chi connectivity index (χ0v) is 16.0. The van der Waals surface area contributed by atoms with E-state index in [1.54, 1.807) is 18.2 Å². The van der Waals surface area contributed by atoms with E-state index in [4.69, 9.17) is 4.74 Å². The van der Waals surface area contributed by atoms with Crippen LogP contribution in [0.3, 0.4) is 0 Å². The molecule has 3 aliphatic rings. The van der Waals surface area contributed by atoms with E-state index in [0.29, 0.717) is 12.1 Å². The van der Waals surface area contributed by atoms with Gasteiger partial charge in [0.1, 0.15) is 6.04 Å². The maximum Gasteiger partial charge on any atom is 0.338 e. The number of hydrogen-bond donors (Lipinski definition) is 2. The van der Waals surface area contributed by atoms with E-state index in [-0.39, 0.29) is 29.0 Å². The van der Waals surface area contributed by atoms with Crippen LogP contribution >= 0.6 is 0 Å².